The smallest absolute Gasteiger partial charge is 0.299 e. The van der Waals surface area contributed by atoms with Crippen LogP contribution in [0, 0.1) is 13.8 Å². The number of hydrogen-bond donors (Lipinski definition) is 0. The van der Waals surface area contributed by atoms with Crippen LogP contribution in [-0.2, 0) is 7.05 Å². The van der Waals surface area contributed by atoms with Crippen LogP contribution in [0.5, 0.6) is 0 Å². The van der Waals surface area contributed by atoms with Gasteiger partial charge in [0, 0.05) is 38.4 Å². The predicted octanol–water partition coefficient (Wildman–Crippen LogP) is 12.3. The molecule has 4 nitrogen and oxygen atoms in total. The molecule has 9 rings (SSSR count). The van der Waals surface area contributed by atoms with Crippen molar-refractivity contribution in [3.63, 3.8) is 0 Å². The Hall–Kier alpha value is -5.74. The van der Waals surface area contributed by atoms with Crippen LogP contribution in [0.2, 0.25) is 0 Å². The van der Waals surface area contributed by atoms with Crippen LogP contribution in [0.25, 0.3) is 82.8 Å². The second kappa shape index (κ2) is 11.7. The lowest BCUT2D eigenvalue weighted by molar-refractivity contribution is -0.633. The van der Waals surface area contributed by atoms with E-state index >= 15 is 0 Å². The summed E-state index contributed by atoms with van der Waals surface area (Å²) in [5, 5.41) is 5.68. The van der Waals surface area contributed by atoms with Gasteiger partial charge in [0.2, 0.25) is 0 Å². The Morgan fingerprint density at radius 2 is 1.22 bits per heavy atom. The number of nitrogens with zero attached hydrogens (tertiary/aromatic N) is 3. The van der Waals surface area contributed by atoms with Gasteiger partial charge in [-0.2, -0.15) is 4.57 Å². The maximum Gasteiger partial charge on any atom is 0.299 e. The van der Waals surface area contributed by atoms with Gasteiger partial charge in [-0.15, -0.1) is 0 Å². The van der Waals surface area contributed by atoms with Gasteiger partial charge in [-0.1, -0.05) is 113 Å². The van der Waals surface area contributed by atoms with Gasteiger partial charge in [-0.3, -0.25) is 0 Å². The Balaban J connectivity index is 1.42. The largest absolute Gasteiger partial charge is 0.453 e. The molecule has 0 amide bonds. The number of pyridine rings is 1. The molecule has 3 aromatic heterocycles. The van der Waals surface area contributed by atoms with Crippen molar-refractivity contribution >= 4 is 54.6 Å². The molecule has 6 aromatic carbocycles. The molecule has 0 aliphatic heterocycles. The first-order valence-corrected chi connectivity index (χ1v) is 18.1. The number of imidazole rings is 1. The molecule has 0 aliphatic rings. The highest BCUT2D eigenvalue weighted by atomic mass is 16.3. The summed E-state index contributed by atoms with van der Waals surface area (Å²) in [6.45, 7) is 13.6. The molecule has 0 N–H and O–H groups in total. The van der Waals surface area contributed by atoms with Crippen molar-refractivity contribution in [3.8, 4) is 28.2 Å². The first-order valence-electron chi connectivity index (χ1n) is 18.1. The summed E-state index contributed by atoms with van der Waals surface area (Å²) in [5.41, 5.74) is 14.7. The Labute approximate surface area is 298 Å². The summed E-state index contributed by atoms with van der Waals surface area (Å²) < 4.78 is 12.0. The molecule has 0 aliphatic carbocycles. The molecule has 4 heteroatoms. The van der Waals surface area contributed by atoms with Gasteiger partial charge in [-0.25, -0.2) is 9.55 Å². The summed E-state index contributed by atoms with van der Waals surface area (Å²) in [4.78, 5) is 5.16. The number of hydrogen-bond acceptors (Lipinski definition) is 2. The summed E-state index contributed by atoms with van der Waals surface area (Å²) >= 11 is 0. The number of rotatable bonds is 5. The van der Waals surface area contributed by atoms with E-state index in [9.17, 15) is 0 Å². The minimum atomic E-state index is 0.291. The molecule has 0 unspecified atom stereocenters. The average molecular weight is 665 g/mol. The number of aryl methyl sites for hydroxylation is 3. The van der Waals surface area contributed by atoms with Crippen LogP contribution in [0.3, 0.4) is 0 Å². The summed E-state index contributed by atoms with van der Waals surface area (Å²) in [6.07, 6.45) is 0. The molecule has 0 radical (unpaired) electrons. The van der Waals surface area contributed by atoms with Crippen LogP contribution in [0.15, 0.2) is 120 Å². The molecule has 9 aromatic rings. The molecule has 0 bridgehead atoms. The number of aromatic nitrogens is 3. The van der Waals surface area contributed by atoms with Gasteiger partial charge in [-0.05, 0) is 78.1 Å². The van der Waals surface area contributed by atoms with Gasteiger partial charge in [0.15, 0.2) is 22.2 Å². The Morgan fingerprint density at radius 3 is 1.94 bits per heavy atom. The third kappa shape index (κ3) is 4.66. The van der Waals surface area contributed by atoms with E-state index in [-0.39, 0.29) is 0 Å². The Kier molecular flexibility index (Phi) is 7.15. The number of furan rings is 1. The van der Waals surface area contributed by atoms with Gasteiger partial charge >= 0.3 is 0 Å². The normalized spacial score (nSPS) is 12.2. The zero-order chi connectivity index (χ0) is 35.1. The standard InChI is InChI=1S/C47H42N3O/c1-27(2)38-25-32(31-15-9-8-10-16-31)26-39(28(3)4)44(38)50-41-20-14-13-19-40(41)49(7)47(50)42-29(5)21-22-36-37-24-23-35-34-18-12-11-17-33(34)30(6)48-43(35)46(37)51-45(36)42/h8-28H,1-7H3/q+1. The lowest BCUT2D eigenvalue weighted by atomic mass is 9.88. The maximum atomic E-state index is 7.12. The van der Waals surface area contributed by atoms with Crippen molar-refractivity contribution in [3.05, 3.63) is 138 Å². The molecule has 3 heterocycles. The summed E-state index contributed by atoms with van der Waals surface area (Å²) in [5.74, 6) is 1.69. The fourth-order valence-corrected chi connectivity index (χ4v) is 8.29. The lowest BCUT2D eigenvalue weighted by Crippen LogP contribution is -2.30. The van der Waals surface area contributed by atoms with Crippen molar-refractivity contribution in [1.29, 1.82) is 0 Å². The number of benzene rings is 6. The molecular formula is C47H42N3O+. The molecule has 51 heavy (non-hydrogen) atoms. The molecule has 0 saturated heterocycles. The molecule has 0 saturated carbocycles. The molecule has 0 spiro atoms. The van der Waals surface area contributed by atoms with Crippen LogP contribution in [0.1, 0.15) is 61.9 Å². The highest BCUT2D eigenvalue weighted by Gasteiger charge is 2.34. The van der Waals surface area contributed by atoms with E-state index in [1.54, 1.807) is 0 Å². The molecular weight excluding hydrogens is 623 g/mol. The molecule has 0 fully saturated rings. The van der Waals surface area contributed by atoms with E-state index in [2.05, 4.69) is 173 Å². The van der Waals surface area contributed by atoms with E-state index in [1.165, 1.54) is 55.3 Å². The summed E-state index contributed by atoms with van der Waals surface area (Å²) in [7, 11) is 2.20. The van der Waals surface area contributed by atoms with Gasteiger partial charge < -0.3 is 4.42 Å². The topological polar surface area (TPSA) is 34.8 Å². The zero-order valence-electron chi connectivity index (χ0n) is 30.4. The lowest BCUT2D eigenvalue weighted by Gasteiger charge is -2.21. The first kappa shape index (κ1) is 31.3. The quantitative estimate of drug-likeness (QED) is 0.136. The maximum absolute atomic E-state index is 7.12. The van der Waals surface area contributed by atoms with Crippen LogP contribution >= 0.6 is 0 Å². The number of fused-ring (bicyclic) bond motifs is 8. The average Bonchev–Trinajstić information content (AvgIpc) is 3.66. The predicted molar refractivity (Wildman–Crippen MR) is 213 cm³/mol. The van der Waals surface area contributed by atoms with Gasteiger partial charge in [0.05, 0.1) is 7.05 Å². The van der Waals surface area contributed by atoms with E-state index < -0.39 is 0 Å². The second-order valence-electron chi connectivity index (χ2n) is 14.7. The van der Waals surface area contributed by atoms with Crippen molar-refractivity contribution in [2.75, 3.05) is 0 Å². The third-order valence-electron chi connectivity index (χ3n) is 10.9. The zero-order valence-corrected chi connectivity index (χ0v) is 30.4. The molecule has 250 valence electrons. The second-order valence-corrected chi connectivity index (χ2v) is 14.7. The van der Waals surface area contributed by atoms with Gasteiger partial charge in [0.1, 0.15) is 16.8 Å². The van der Waals surface area contributed by atoms with Crippen molar-refractivity contribution in [2.24, 2.45) is 7.05 Å². The number of para-hydroxylation sites is 2. The fraction of sp³-hybridized carbons (Fsp3) is 0.191. The van der Waals surface area contributed by atoms with Crippen LogP contribution in [0.4, 0.5) is 0 Å². The summed E-state index contributed by atoms with van der Waals surface area (Å²) in [6, 6.07) is 41.9. The van der Waals surface area contributed by atoms with E-state index in [1.807, 2.05) is 0 Å². The van der Waals surface area contributed by atoms with E-state index in [0.717, 1.165) is 49.9 Å². The molecule has 0 atom stereocenters. The van der Waals surface area contributed by atoms with E-state index in [4.69, 9.17) is 9.40 Å². The van der Waals surface area contributed by atoms with Crippen molar-refractivity contribution in [1.82, 2.24) is 9.55 Å². The monoisotopic (exact) mass is 664 g/mol. The highest BCUT2D eigenvalue weighted by molar-refractivity contribution is 6.20. The Morgan fingerprint density at radius 1 is 0.608 bits per heavy atom. The SMILES string of the molecule is Cc1ccc2c(oc3c2ccc2c4ccccc4c(C)nc23)c1-c1n(-c2c(C(C)C)cc(-c3ccccc3)cc2C(C)C)c2ccccc2[n+]1C. The van der Waals surface area contributed by atoms with Crippen LogP contribution < -0.4 is 4.57 Å². The Bertz CT molecular complexity index is 2810. The van der Waals surface area contributed by atoms with Crippen LogP contribution in [-0.4, -0.2) is 9.55 Å². The highest BCUT2D eigenvalue weighted by Crippen LogP contribution is 2.44. The third-order valence-corrected chi connectivity index (χ3v) is 10.9. The van der Waals surface area contributed by atoms with Gasteiger partial charge in [0.25, 0.3) is 5.82 Å². The minimum Gasteiger partial charge on any atom is -0.453 e. The van der Waals surface area contributed by atoms with E-state index in [0.29, 0.717) is 11.8 Å². The fourth-order valence-electron chi connectivity index (χ4n) is 8.29. The van der Waals surface area contributed by atoms with Crippen molar-refractivity contribution < 1.29 is 8.98 Å². The minimum absolute atomic E-state index is 0.291. The first-order chi connectivity index (χ1) is 24.7. The van der Waals surface area contributed by atoms with Crippen molar-refractivity contribution in [2.45, 2.75) is 53.4 Å².